The van der Waals surface area contributed by atoms with E-state index in [0.717, 1.165) is 24.1 Å². The molecule has 170 valence electrons. The van der Waals surface area contributed by atoms with E-state index >= 15 is 0 Å². The van der Waals surface area contributed by atoms with E-state index in [2.05, 4.69) is 0 Å². The van der Waals surface area contributed by atoms with Gasteiger partial charge in [0.15, 0.2) is 17.3 Å². The Kier molecular flexibility index (Phi) is 6.41. The lowest BCUT2D eigenvalue weighted by molar-refractivity contribution is -0.138. The second-order valence-corrected chi connectivity index (χ2v) is 8.29. The summed E-state index contributed by atoms with van der Waals surface area (Å²) in [6.07, 6.45) is 1.93. The van der Waals surface area contributed by atoms with E-state index in [1.54, 1.807) is 23.1 Å². The molecule has 0 saturated carbocycles. The second-order valence-electron chi connectivity index (χ2n) is 8.29. The van der Waals surface area contributed by atoms with Gasteiger partial charge in [-0.05, 0) is 37.5 Å². The number of morpholine rings is 1. The normalized spacial score (nSPS) is 23.4. The number of aliphatic imine (C=N–C) groups is 1. The van der Waals surface area contributed by atoms with Crippen molar-refractivity contribution < 1.29 is 28.6 Å². The van der Waals surface area contributed by atoms with E-state index < -0.39 is 17.8 Å². The zero-order chi connectivity index (χ0) is 22.8. The quantitative estimate of drug-likeness (QED) is 0.528. The van der Waals surface area contributed by atoms with Crippen LogP contribution in [0.2, 0.25) is 0 Å². The van der Waals surface area contributed by atoms with E-state index in [9.17, 15) is 14.4 Å². The molecule has 32 heavy (non-hydrogen) atoms. The van der Waals surface area contributed by atoms with Gasteiger partial charge in [0, 0.05) is 49.3 Å². The van der Waals surface area contributed by atoms with E-state index in [1.807, 2.05) is 6.92 Å². The van der Waals surface area contributed by atoms with Crippen molar-refractivity contribution in [3.05, 3.63) is 35.0 Å². The number of carbonyl (C=O) groups is 3. The Labute approximate surface area is 187 Å². The van der Waals surface area contributed by atoms with Gasteiger partial charge in [-0.2, -0.15) is 0 Å². The number of benzene rings is 1. The van der Waals surface area contributed by atoms with Crippen molar-refractivity contribution >= 4 is 23.4 Å². The molecular formula is C24H28N2O6. The Morgan fingerprint density at radius 2 is 1.91 bits per heavy atom. The number of methoxy groups -OCH3 is 1. The van der Waals surface area contributed by atoms with Gasteiger partial charge in [0.1, 0.15) is 0 Å². The Hall–Kier alpha value is -3.00. The molecule has 1 amide bonds. The predicted molar refractivity (Wildman–Crippen MR) is 117 cm³/mol. The monoisotopic (exact) mass is 440 g/mol. The molecule has 2 atom stereocenters. The summed E-state index contributed by atoms with van der Waals surface area (Å²) in [5, 5.41) is 0. The number of amides is 1. The Morgan fingerprint density at radius 3 is 2.59 bits per heavy atom. The number of Topliss-reactive ketones (excluding diaryl/α,β-unsaturated/α-hetero) is 1. The molecule has 1 saturated heterocycles. The molecule has 1 aromatic rings. The lowest BCUT2D eigenvalue weighted by atomic mass is 9.71. The Balaban J connectivity index is 1.81. The van der Waals surface area contributed by atoms with Crippen LogP contribution in [0.25, 0.3) is 0 Å². The van der Waals surface area contributed by atoms with Crippen LogP contribution in [-0.4, -0.2) is 61.7 Å². The number of rotatable bonds is 4. The van der Waals surface area contributed by atoms with Gasteiger partial charge < -0.3 is 19.1 Å². The third kappa shape index (κ3) is 4.19. The summed E-state index contributed by atoms with van der Waals surface area (Å²) in [6, 6.07) is 5.21. The average Bonchev–Trinajstić information content (AvgIpc) is 2.78. The van der Waals surface area contributed by atoms with Crippen LogP contribution in [0.4, 0.5) is 0 Å². The first-order valence-corrected chi connectivity index (χ1v) is 10.9. The van der Waals surface area contributed by atoms with Crippen molar-refractivity contribution in [3.8, 4) is 11.5 Å². The summed E-state index contributed by atoms with van der Waals surface area (Å²) < 4.78 is 16.1. The number of ketones is 1. The summed E-state index contributed by atoms with van der Waals surface area (Å²) in [7, 11) is 1.49. The Morgan fingerprint density at radius 1 is 1.16 bits per heavy atom. The van der Waals surface area contributed by atoms with Gasteiger partial charge in [-0.3, -0.25) is 19.4 Å². The maximum Gasteiger partial charge on any atom is 0.308 e. The van der Waals surface area contributed by atoms with E-state index in [-0.39, 0.29) is 11.7 Å². The van der Waals surface area contributed by atoms with Crippen LogP contribution >= 0.6 is 0 Å². The summed E-state index contributed by atoms with van der Waals surface area (Å²) in [6.45, 7) is 5.22. The molecule has 8 nitrogen and oxygen atoms in total. The maximum atomic E-state index is 13.7. The molecule has 1 aromatic carbocycles. The lowest BCUT2D eigenvalue weighted by Gasteiger charge is -2.38. The van der Waals surface area contributed by atoms with Crippen molar-refractivity contribution in [1.29, 1.82) is 0 Å². The van der Waals surface area contributed by atoms with Crippen LogP contribution in [0.15, 0.2) is 34.5 Å². The summed E-state index contributed by atoms with van der Waals surface area (Å²) >= 11 is 0. The first-order valence-electron chi connectivity index (χ1n) is 10.9. The fourth-order valence-corrected chi connectivity index (χ4v) is 4.78. The number of carbonyl (C=O) groups excluding carboxylic acids is 3. The van der Waals surface area contributed by atoms with Gasteiger partial charge in [0.25, 0.3) is 0 Å². The van der Waals surface area contributed by atoms with E-state index in [0.29, 0.717) is 55.5 Å². The van der Waals surface area contributed by atoms with Gasteiger partial charge in [-0.15, -0.1) is 0 Å². The standard InChI is InChI=1S/C24H28N2O6/c1-14-21(24(29)26-9-11-31-12-10-26)22(23-17(25-14)5-4-6-18(23)28)16-7-8-19(32-15(2)27)20(13-16)30-3/h7-8,13,21-22H,4-6,9-12H2,1-3H3/t21?,22-/m1/s1. The van der Waals surface area contributed by atoms with Crippen molar-refractivity contribution in [2.24, 2.45) is 10.9 Å². The molecule has 0 spiro atoms. The van der Waals surface area contributed by atoms with Gasteiger partial charge >= 0.3 is 5.97 Å². The highest BCUT2D eigenvalue weighted by atomic mass is 16.6. The number of hydrogen-bond acceptors (Lipinski definition) is 7. The Bertz CT molecular complexity index is 1010. The van der Waals surface area contributed by atoms with Crippen LogP contribution in [0.5, 0.6) is 11.5 Å². The molecule has 3 aliphatic rings. The van der Waals surface area contributed by atoms with Gasteiger partial charge in [-0.1, -0.05) is 6.07 Å². The molecule has 2 heterocycles. The van der Waals surface area contributed by atoms with Crippen molar-refractivity contribution in [1.82, 2.24) is 4.90 Å². The molecule has 1 aliphatic carbocycles. The van der Waals surface area contributed by atoms with Gasteiger partial charge in [0.05, 0.1) is 26.2 Å². The van der Waals surface area contributed by atoms with Crippen LogP contribution in [-0.2, 0) is 19.1 Å². The fraction of sp³-hybridized carbons (Fsp3) is 0.500. The SMILES string of the molecule is COc1cc([C@H]2C3=C(CCCC3=O)N=C(C)C2C(=O)N2CCOCC2)ccc1OC(C)=O. The number of allylic oxidation sites excluding steroid dienone is 2. The molecule has 0 bridgehead atoms. The molecule has 0 N–H and O–H groups in total. The number of ether oxygens (including phenoxy) is 3. The van der Waals surface area contributed by atoms with Crippen LogP contribution in [0, 0.1) is 5.92 Å². The number of nitrogens with zero attached hydrogens (tertiary/aromatic N) is 2. The minimum absolute atomic E-state index is 0.0373. The molecular weight excluding hydrogens is 412 g/mol. The molecule has 1 fully saturated rings. The third-order valence-electron chi connectivity index (χ3n) is 6.22. The van der Waals surface area contributed by atoms with Crippen LogP contribution in [0.3, 0.4) is 0 Å². The van der Waals surface area contributed by atoms with E-state index in [1.165, 1.54) is 14.0 Å². The molecule has 4 rings (SSSR count). The van der Waals surface area contributed by atoms with Gasteiger partial charge in [-0.25, -0.2) is 0 Å². The zero-order valence-electron chi connectivity index (χ0n) is 18.7. The van der Waals surface area contributed by atoms with Crippen molar-refractivity contribution in [3.63, 3.8) is 0 Å². The average molecular weight is 440 g/mol. The highest BCUT2D eigenvalue weighted by Gasteiger charge is 2.44. The van der Waals surface area contributed by atoms with Crippen molar-refractivity contribution in [2.75, 3.05) is 33.4 Å². The lowest BCUT2D eigenvalue weighted by Crippen LogP contribution is -2.48. The van der Waals surface area contributed by atoms with Crippen LogP contribution < -0.4 is 9.47 Å². The number of hydrogen-bond donors (Lipinski definition) is 0. The predicted octanol–water partition coefficient (Wildman–Crippen LogP) is 2.66. The molecule has 0 radical (unpaired) electrons. The largest absolute Gasteiger partial charge is 0.493 e. The minimum atomic E-state index is -0.585. The third-order valence-corrected chi connectivity index (χ3v) is 6.22. The number of esters is 1. The first-order chi connectivity index (χ1) is 15.4. The molecule has 8 heteroatoms. The maximum absolute atomic E-state index is 13.7. The first kappa shape index (κ1) is 22.2. The van der Waals surface area contributed by atoms with Gasteiger partial charge in [0.2, 0.25) is 5.91 Å². The highest BCUT2D eigenvalue weighted by Crippen LogP contribution is 2.45. The zero-order valence-corrected chi connectivity index (χ0v) is 18.7. The summed E-state index contributed by atoms with van der Waals surface area (Å²) in [4.78, 5) is 44.7. The fourth-order valence-electron chi connectivity index (χ4n) is 4.78. The summed E-state index contributed by atoms with van der Waals surface area (Å²) in [5.74, 6) is -0.845. The minimum Gasteiger partial charge on any atom is -0.493 e. The van der Waals surface area contributed by atoms with E-state index in [4.69, 9.17) is 19.2 Å². The molecule has 0 aromatic heterocycles. The summed E-state index contributed by atoms with van der Waals surface area (Å²) in [5.41, 5.74) is 2.87. The van der Waals surface area contributed by atoms with Crippen LogP contribution in [0.1, 0.15) is 44.6 Å². The molecule has 1 unspecified atom stereocenters. The van der Waals surface area contributed by atoms with Crippen molar-refractivity contribution in [2.45, 2.75) is 39.0 Å². The topological polar surface area (TPSA) is 94.5 Å². The molecule has 2 aliphatic heterocycles. The second kappa shape index (κ2) is 9.24. The smallest absolute Gasteiger partial charge is 0.308 e. The highest BCUT2D eigenvalue weighted by molar-refractivity contribution is 6.10.